The fraction of sp³-hybridized carbons (Fsp3) is 0.462. The molecule has 0 amide bonds. The lowest BCUT2D eigenvalue weighted by molar-refractivity contribution is 0.118. The molecule has 0 saturated heterocycles. The summed E-state index contributed by atoms with van der Waals surface area (Å²) in [4.78, 5) is 4.38. The summed E-state index contributed by atoms with van der Waals surface area (Å²) in [5.41, 5.74) is 8.00. The summed E-state index contributed by atoms with van der Waals surface area (Å²) in [7, 11) is 0. The van der Waals surface area contributed by atoms with Crippen LogP contribution in [0.15, 0.2) is 18.2 Å². The molecule has 1 aliphatic carbocycles. The molecule has 3 rings (SSSR count). The molecule has 0 aliphatic heterocycles. The van der Waals surface area contributed by atoms with Gasteiger partial charge in [-0.25, -0.2) is 4.98 Å². The number of ether oxygens (including phenoxy) is 1. The molecule has 1 heterocycles. The van der Waals surface area contributed by atoms with Crippen molar-refractivity contribution >= 4 is 39.6 Å². The van der Waals surface area contributed by atoms with Gasteiger partial charge >= 0.3 is 0 Å². The van der Waals surface area contributed by atoms with Gasteiger partial charge < -0.3 is 15.0 Å². The van der Waals surface area contributed by atoms with Crippen molar-refractivity contribution in [2.75, 3.05) is 18.9 Å². The van der Waals surface area contributed by atoms with E-state index in [0.29, 0.717) is 12.6 Å². The van der Waals surface area contributed by atoms with Gasteiger partial charge in [0.1, 0.15) is 0 Å². The largest absolute Gasteiger partial charge is 0.379 e. The van der Waals surface area contributed by atoms with E-state index in [1.807, 2.05) is 10.6 Å². The first-order chi connectivity index (χ1) is 8.74. The average molecular weight is 357 g/mol. The van der Waals surface area contributed by atoms with Crippen LogP contribution in [0, 0.1) is 9.49 Å². The molecular weight excluding hydrogens is 341 g/mol. The van der Waals surface area contributed by atoms with Gasteiger partial charge in [-0.05, 0) is 59.5 Å². The first kappa shape index (κ1) is 12.2. The number of benzene rings is 1. The molecule has 0 radical (unpaired) electrons. The van der Waals surface area contributed by atoms with Crippen molar-refractivity contribution in [1.29, 1.82) is 0 Å². The fourth-order valence-corrected chi connectivity index (χ4v) is 2.52. The zero-order chi connectivity index (χ0) is 12.5. The maximum atomic E-state index is 5.95. The Balaban J connectivity index is 1.71. The molecular formula is C13H16IN3O. The fourth-order valence-electron chi connectivity index (χ4n) is 2.05. The summed E-state index contributed by atoms with van der Waals surface area (Å²) in [5, 5.41) is 0. The number of nitrogens with zero attached hydrogens (tertiary/aromatic N) is 2. The van der Waals surface area contributed by atoms with Gasteiger partial charge in [0.2, 0.25) is 5.95 Å². The lowest BCUT2D eigenvalue weighted by atomic mass is 10.3. The van der Waals surface area contributed by atoms with Gasteiger partial charge in [-0.15, -0.1) is 0 Å². The van der Waals surface area contributed by atoms with Crippen LogP contribution in [0.3, 0.4) is 0 Å². The number of rotatable bonds is 5. The molecule has 5 heteroatoms. The van der Waals surface area contributed by atoms with Crippen molar-refractivity contribution < 1.29 is 4.74 Å². The van der Waals surface area contributed by atoms with E-state index in [4.69, 9.17) is 10.5 Å². The Morgan fingerprint density at radius 1 is 1.44 bits per heavy atom. The second kappa shape index (κ2) is 5.05. The molecule has 1 aromatic carbocycles. The molecule has 0 unspecified atom stereocenters. The number of hydrogen-bond acceptors (Lipinski definition) is 3. The number of nitrogen functional groups attached to an aromatic ring is 1. The molecule has 0 atom stereocenters. The van der Waals surface area contributed by atoms with E-state index < -0.39 is 0 Å². The number of anilines is 1. The molecule has 1 fully saturated rings. The summed E-state index contributed by atoms with van der Waals surface area (Å²) in [6.45, 7) is 2.37. The molecule has 0 bridgehead atoms. The highest BCUT2D eigenvalue weighted by atomic mass is 127. The van der Waals surface area contributed by atoms with Crippen molar-refractivity contribution in [3.05, 3.63) is 21.8 Å². The lowest BCUT2D eigenvalue weighted by Crippen LogP contribution is -2.10. The molecule has 96 valence electrons. The van der Waals surface area contributed by atoms with Crippen molar-refractivity contribution in [1.82, 2.24) is 9.55 Å². The molecule has 2 N–H and O–H groups in total. The Kier molecular flexibility index (Phi) is 3.43. The topological polar surface area (TPSA) is 53.1 Å². The molecule has 1 aromatic heterocycles. The minimum atomic E-state index is 0.571. The smallest absolute Gasteiger partial charge is 0.201 e. The van der Waals surface area contributed by atoms with Crippen LogP contribution in [0.5, 0.6) is 0 Å². The first-order valence-corrected chi connectivity index (χ1v) is 7.31. The van der Waals surface area contributed by atoms with Gasteiger partial charge in [0.25, 0.3) is 0 Å². The number of imidazole rings is 1. The van der Waals surface area contributed by atoms with Crippen LogP contribution in [0.1, 0.15) is 12.8 Å². The number of fused-ring (bicyclic) bond motifs is 1. The molecule has 1 aliphatic rings. The molecule has 2 aromatic rings. The van der Waals surface area contributed by atoms with Gasteiger partial charge in [-0.1, -0.05) is 0 Å². The van der Waals surface area contributed by atoms with E-state index in [9.17, 15) is 0 Å². The van der Waals surface area contributed by atoms with Crippen LogP contribution >= 0.6 is 22.6 Å². The minimum Gasteiger partial charge on any atom is -0.379 e. The second-order valence-corrected chi connectivity index (χ2v) is 6.02. The zero-order valence-electron chi connectivity index (χ0n) is 10.1. The minimum absolute atomic E-state index is 0.571. The predicted octanol–water partition coefficient (Wildman–Crippen LogP) is 2.65. The molecule has 0 spiro atoms. The van der Waals surface area contributed by atoms with Gasteiger partial charge in [-0.2, -0.15) is 0 Å². The maximum absolute atomic E-state index is 5.95. The van der Waals surface area contributed by atoms with Gasteiger partial charge in [0.05, 0.1) is 17.6 Å². The van der Waals surface area contributed by atoms with Crippen LogP contribution < -0.4 is 5.73 Å². The second-order valence-electron chi connectivity index (χ2n) is 4.77. The zero-order valence-corrected chi connectivity index (χ0v) is 12.3. The Labute approximate surface area is 120 Å². The number of halogens is 1. The summed E-state index contributed by atoms with van der Waals surface area (Å²) in [6, 6.07) is 6.20. The first-order valence-electron chi connectivity index (χ1n) is 6.23. The normalized spacial score (nSPS) is 15.4. The van der Waals surface area contributed by atoms with E-state index in [0.717, 1.165) is 30.1 Å². The van der Waals surface area contributed by atoms with Crippen molar-refractivity contribution in [3.63, 3.8) is 0 Å². The van der Waals surface area contributed by atoms with E-state index in [2.05, 4.69) is 39.7 Å². The third-order valence-electron chi connectivity index (χ3n) is 3.25. The summed E-state index contributed by atoms with van der Waals surface area (Å²) in [6.07, 6.45) is 2.66. The van der Waals surface area contributed by atoms with Crippen LogP contribution in [-0.2, 0) is 11.3 Å². The third kappa shape index (κ3) is 2.61. The van der Waals surface area contributed by atoms with Crippen LogP contribution in [0.4, 0.5) is 5.95 Å². The Morgan fingerprint density at radius 3 is 3.06 bits per heavy atom. The van der Waals surface area contributed by atoms with E-state index in [1.54, 1.807) is 0 Å². The molecule has 18 heavy (non-hydrogen) atoms. The highest BCUT2D eigenvalue weighted by molar-refractivity contribution is 14.1. The Bertz CT molecular complexity index is 563. The van der Waals surface area contributed by atoms with E-state index in [-0.39, 0.29) is 0 Å². The monoisotopic (exact) mass is 357 g/mol. The number of hydrogen-bond donors (Lipinski definition) is 1. The van der Waals surface area contributed by atoms with Crippen molar-refractivity contribution in [2.24, 2.45) is 5.92 Å². The SMILES string of the molecule is Nc1nc2cc(I)ccc2n1CCOCC1CC1. The van der Waals surface area contributed by atoms with E-state index >= 15 is 0 Å². The van der Waals surface area contributed by atoms with Gasteiger partial charge in [-0.3, -0.25) is 0 Å². The molecule has 4 nitrogen and oxygen atoms in total. The van der Waals surface area contributed by atoms with Crippen LogP contribution in [0.2, 0.25) is 0 Å². The predicted molar refractivity (Wildman–Crippen MR) is 80.4 cm³/mol. The average Bonchev–Trinajstić information content (AvgIpc) is 3.10. The van der Waals surface area contributed by atoms with Gasteiger partial charge in [0.15, 0.2) is 0 Å². The summed E-state index contributed by atoms with van der Waals surface area (Å²) < 4.78 is 8.85. The van der Waals surface area contributed by atoms with E-state index in [1.165, 1.54) is 16.4 Å². The highest BCUT2D eigenvalue weighted by Crippen LogP contribution is 2.28. The quantitative estimate of drug-likeness (QED) is 0.661. The van der Waals surface area contributed by atoms with Crippen LogP contribution in [-0.4, -0.2) is 22.8 Å². The Morgan fingerprint density at radius 2 is 2.28 bits per heavy atom. The number of aromatic nitrogens is 2. The molecule has 1 saturated carbocycles. The highest BCUT2D eigenvalue weighted by Gasteiger charge is 2.21. The van der Waals surface area contributed by atoms with Gasteiger partial charge in [0, 0.05) is 16.7 Å². The Hall–Kier alpha value is -0.820. The lowest BCUT2D eigenvalue weighted by Gasteiger charge is -2.07. The third-order valence-corrected chi connectivity index (χ3v) is 3.92. The number of nitrogens with two attached hydrogens (primary N) is 1. The van der Waals surface area contributed by atoms with Crippen molar-refractivity contribution in [3.8, 4) is 0 Å². The summed E-state index contributed by atoms with van der Waals surface area (Å²) >= 11 is 2.28. The van der Waals surface area contributed by atoms with Crippen molar-refractivity contribution in [2.45, 2.75) is 19.4 Å². The summed E-state index contributed by atoms with van der Waals surface area (Å²) in [5.74, 6) is 1.38. The maximum Gasteiger partial charge on any atom is 0.201 e. The standard InChI is InChI=1S/C13H16IN3O/c14-10-3-4-12-11(7-10)16-13(15)17(12)5-6-18-8-9-1-2-9/h3-4,7,9H,1-2,5-6,8H2,(H2,15,16). The van der Waals surface area contributed by atoms with Crippen LogP contribution in [0.25, 0.3) is 11.0 Å².